The molecule has 1 aliphatic rings. The van der Waals surface area contributed by atoms with Gasteiger partial charge in [0.2, 0.25) is 5.91 Å². The minimum atomic E-state index is -0.640. The fourth-order valence-electron chi connectivity index (χ4n) is 2.93. The van der Waals surface area contributed by atoms with E-state index in [0.29, 0.717) is 6.42 Å². The summed E-state index contributed by atoms with van der Waals surface area (Å²) in [7, 11) is 0. The van der Waals surface area contributed by atoms with Crippen LogP contribution in [0.4, 0.5) is 4.39 Å². The second-order valence-corrected chi connectivity index (χ2v) is 5.88. The van der Waals surface area contributed by atoms with Gasteiger partial charge in [-0.1, -0.05) is 44.2 Å². The molecule has 2 N–H and O–H groups in total. The molecular formula is C17H23FN2O2. The fourth-order valence-corrected chi connectivity index (χ4v) is 2.93. The molecule has 1 aromatic carbocycles. The third-order valence-corrected chi connectivity index (χ3v) is 4.17. The van der Waals surface area contributed by atoms with Gasteiger partial charge >= 0.3 is 0 Å². The second kappa shape index (κ2) is 8.51. The molecule has 22 heavy (non-hydrogen) atoms. The second-order valence-electron chi connectivity index (χ2n) is 5.88. The van der Waals surface area contributed by atoms with Crippen molar-refractivity contribution >= 4 is 11.8 Å². The Hall–Kier alpha value is -1.91. The Bertz CT molecular complexity index is 513. The minimum absolute atomic E-state index is 0.0787. The maximum Gasteiger partial charge on any atom is 0.272 e. The van der Waals surface area contributed by atoms with Gasteiger partial charge in [0.1, 0.15) is 5.82 Å². The van der Waals surface area contributed by atoms with Crippen LogP contribution in [0.15, 0.2) is 24.3 Å². The first kappa shape index (κ1) is 16.5. The van der Waals surface area contributed by atoms with Crippen molar-refractivity contribution in [2.75, 3.05) is 0 Å². The zero-order chi connectivity index (χ0) is 15.8. The predicted molar refractivity (Wildman–Crippen MR) is 82.4 cm³/mol. The van der Waals surface area contributed by atoms with Crippen LogP contribution in [0.1, 0.15) is 61.7 Å². The molecule has 120 valence electrons. The first-order chi connectivity index (χ1) is 10.7. The van der Waals surface area contributed by atoms with Gasteiger partial charge in [-0.25, -0.2) is 4.39 Å². The van der Waals surface area contributed by atoms with Gasteiger partial charge in [0.15, 0.2) is 0 Å². The molecule has 0 spiro atoms. The summed E-state index contributed by atoms with van der Waals surface area (Å²) in [4.78, 5) is 23.4. The zero-order valence-corrected chi connectivity index (χ0v) is 12.7. The van der Waals surface area contributed by atoms with E-state index in [-0.39, 0.29) is 11.5 Å². The average molecular weight is 306 g/mol. The Kier molecular flexibility index (Phi) is 6.37. The first-order valence-corrected chi connectivity index (χ1v) is 8.00. The number of hydrazine groups is 1. The zero-order valence-electron chi connectivity index (χ0n) is 12.7. The SMILES string of the molecule is O=C(CCCC1CCCCC1)NNC(=O)c1ccccc1F. The lowest BCUT2D eigenvalue weighted by Gasteiger charge is -2.21. The summed E-state index contributed by atoms with van der Waals surface area (Å²) < 4.78 is 13.4. The van der Waals surface area contributed by atoms with Crippen LogP contribution in [0.3, 0.4) is 0 Å². The van der Waals surface area contributed by atoms with Gasteiger partial charge < -0.3 is 0 Å². The smallest absolute Gasteiger partial charge is 0.272 e. The fraction of sp³-hybridized carbons (Fsp3) is 0.529. The van der Waals surface area contributed by atoms with Crippen molar-refractivity contribution in [3.8, 4) is 0 Å². The lowest BCUT2D eigenvalue weighted by molar-refractivity contribution is -0.122. The monoisotopic (exact) mass is 306 g/mol. The molecule has 5 heteroatoms. The number of hydrogen-bond acceptors (Lipinski definition) is 2. The largest absolute Gasteiger partial charge is 0.273 e. The van der Waals surface area contributed by atoms with E-state index >= 15 is 0 Å². The van der Waals surface area contributed by atoms with Gasteiger partial charge in [-0.05, 0) is 30.9 Å². The van der Waals surface area contributed by atoms with Gasteiger partial charge in [0, 0.05) is 6.42 Å². The van der Waals surface area contributed by atoms with Gasteiger partial charge in [-0.3, -0.25) is 20.4 Å². The highest BCUT2D eigenvalue weighted by Gasteiger charge is 2.14. The summed E-state index contributed by atoms with van der Waals surface area (Å²) in [5.74, 6) is -0.736. The van der Waals surface area contributed by atoms with Crippen LogP contribution < -0.4 is 10.9 Å². The molecule has 2 rings (SSSR count). The normalized spacial score (nSPS) is 15.3. The maximum absolute atomic E-state index is 13.4. The number of halogens is 1. The molecule has 0 unspecified atom stereocenters. The van der Waals surface area contributed by atoms with Crippen molar-refractivity contribution in [3.63, 3.8) is 0 Å². The molecule has 4 nitrogen and oxygen atoms in total. The van der Waals surface area contributed by atoms with Crippen LogP contribution >= 0.6 is 0 Å². The van der Waals surface area contributed by atoms with Crippen molar-refractivity contribution in [3.05, 3.63) is 35.6 Å². The molecule has 0 bridgehead atoms. The van der Waals surface area contributed by atoms with E-state index in [1.54, 1.807) is 6.07 Å². The number of hydrogen-bond donors (Lipinski definition) is 2. The molecule has 2 amide bonds. The van der Waals surface area contributed by atoms with Crippen LogP contribution in [-0.2, 0) is 4.79 Å². The molecule has 1 aliphatic carbocycles. The molecule has 1 aromatic rings. The number of amides is 2. The molecule has 0 aromatic heterocycles. The van der Waals surface area contributed by atoms with E-state index in [4.69, 9.17) is 0 Å². The Morgan fingerprint density at radius 1 is 1.09 bits per heavy atom. The lowest BCUT2D eigenvalue weighted by Crippen LogP contribution is -2.41. The molecular weight excluding hydrogens is 283 g/mol. The summed E-state index contributed by atoms with van der Waals surface area (Å²) in [6, 6.07) is 5.67. The number of rotatable bonds is 5. The first-order valence-electron chi connectivity index (χ1n) is 8.00. The minimum Gasteiger partial charge on any atom is -0.273 e. The van der Waals surface area contributed by atoms with Gasteiger partial charge in [0.05, 0.1) is 5.56 Å². The molecule has 1 saturated carbocycles. The summed E-state index contributed by atoms with van der Waals surface area (Å²) in [5, 5.41) is 0. The Labute approximate surface area is 130 Å². The van der Waals surface area contributed by atoms with Crippen molar-refractivity contribution < 1.29 is 14.0 Å². The lowest BCUT2D eigenvalue weighted by atomic mass is 9.86. The third-order valence-electron chi connectivity index (χ3n) is 4.17. The van der Waals surface area contributed by atoms with E-state index in [1.165, 1.54) is 50.3 Å². The number of carbonyl (C=O) groups excluding carboxylic acids is 2. The summed E-state index contributed by atoms with van der Waals surface area (Å²) >= 11 is 0. The quantitative estimate of drug-likeness (QED) is 0.820. The number of benzene rings is 1. The van der Waals surface area contributed by atoms with Crippen LogP contribution in [0, 0.1) is 11.7 Å². The van der Waals surface area contributed by atoms with E-state index in [2.05, 4.69) is 10.9 Å². The highest BCUT2D eigenvalue weighted by atomic mass is 19.1. The van der Waals surface area contributed by atoms with Crippen LogP contribution in [-0.4, -0.2) is 11.8 Å². The van der Waals surface area contributed by atoms with Crippen LogP contribution in [0.25, 0.3) is 0 Å². The van der Waals surface area contributed by atoms with E-state index in [1.807, 2.05) is 0 Å². The topological polar surface area (TPSA) is 58.2 Å². The molecule has 1 fully saturated rings. The third kappa shape index (κ3) is 5.13. The molecule has 0 saturated heterocycles. The van der Waals surface area contributed by atoms with Crippen molar-refractivity contribution in [1.82, 2.24) is 10.9 Å². The highest BCUT2D eigenvalue weighted by Crippen LogP contribution is 2.27. The predicted octanol–water partition coefficient (Wildman–Crippen LogP) is 3.34. The highest BCUT2D eigenvalue weighted by molar-refractivity contribution is 5.95. The number of nitrogens with one attached hydrogen (secondary N) is 2. The Morgan fingerprint density at radius 2 is 1.82 bits per heavy atom. The average Bonchev–Trinajstić information content (AvgIpc) is 2.54. The molecule has 0 atom stereocenters. The van der Waals surface area contributed by atoms with Gasteiger partial charge in [0.25, 0.3) is 5.91 Å². The Morgan fingerprint density at radius 3 is 2.55 bits per heavy atom. The molecule has 0 radical (unpaired) electrons. The van der Waals surface area contributed by atoms with Crippen molar-refractivity contribution in [2.24, 2.45) is 5.92 Å². The standard InChI is InChI=1S/C17H23FN2O2/c18-15-11-5-4-10-14(15)17(22)20-19-16(21)12-6-9-13-7-2-1-3-8-13/h4-5,10-11,13H,1-3,6-9,12H2,(H,19,21)(H,20,22). The summed E-state index contributed by atoms with van der Waals surface area (Å²) in [6.45, 7) is 0. The molecule has 0 aliphatic heterocycles. The van der Waals surface area contributed by atoms with E-state index < -0.39 is 11.7 Å². The van der Waals surface area contributed by atoms with E-state index in [9.17, 15) is 14.0 Å². The van der Waals surface area contributed by atoms with Crippen molar-refractivity contribution in [2.45, 2.75) is 51.4 Å². The van der Waals surface area contributed by atoms with Crippen molar-refractivity contribution in [1.29, 1.82) is 0 Å². The molecule has 0 heterocycles. The van der Waals surface area contributed by atoms with Crippen LogP contribution in [0.5, 0.6) is 0 Å². The van der Waals surface area contributed by atoms with Gasteiger partial charge in [-0.15, -0.1) is 0 Å². The van der Waals surface area contributed by atoms with Crippen LogP contribution in [0.2, 0.25) is 0 Å². The maximum atomic E-state index is 13.4. The summed E-state index contributed by atoms with van der Waals surface area (Å²) in [5.41, 5.74) is 4.51. The number of carbonyl (C=O) groups is 2. The van der Waals surface area contributed by atoms with Gasteiger partial charge in [-0.2, -0.15) is 0 Å². The van der Waals surface area contributed by atoms with E-state index in [0.717, 1.165) is 18.8 Å². The Balaban J connectivity index is 1.65. The summed E-state index contributed by atoms with van der Waals surface area (Å²) in [6.07, 6.45) is 8.75.